The van der Waals surface area contributed by atoms with E-state index >= 15 is 0 Å². The van der Waals surface area contributed by atoms with Crippen molar-refractivity contribution in [3.05, 3.63) is 48.1 Å². The van der Waals surface area contributed by atoms with Crippen LogP contribution in [0.25, 0.3) is 6.08 Å². The lowest BCUT2D eigenvalue weighted by Gasteiger charge is -2.27. The summed E-state index contributed by atoms with van der Waals surface area (Å²) in [5.41, 5.74) is 0.531. The topological polar surface area (TPSA) is 95.9 Å². The number of hydrogen-bond donors (Lipinski definition) is 2. The standard InChI is InChI=1S/C17H16N2O5S/c1-3-8-19-15(21)13(14(20)18-17(19)25)9-11-4-6-12(7-5-11)24-10(2)16(22)23/h3-7,9-10H,1,8H2,2H3,(H,22,23)(H,18,20,25)/b13-9-/t10-/m1/s1. The number of nitrogens with one attached hydrogen (secondary N) is 1. The summed E-state index contributed by atoms with van der Waals surface area (Å²) >= 11 is 4.98. The van der Waals surface area contributed by atoms with Crippen LogP contribution in [-0.2, 0) is 14.4 Å². The summed E-state index contributed by atoms with van der Waals surface area (Å²) in [5, 5.41) is 11.3. The summed E-state index contributed by atoms with van der Waals surface area (Å²) in [6.07, 6.45) is 1.96. The van der Waals surface area contributed by atoms with Gasteiger partial charge in [-0.1, -0.05) is 18.2 Å². The highest BCUT2D eigenvalue weighted by atomic mass is 32.1. The van der Waals surface area contributed by atoms with Gasteiger partial charge in [-0.3, -0.25) is 19.8 Å². The zero-order valence-electron chi connectivity index (χ0n) is 13.4. The van der Waals surface area contributed by atoms with Gasteiger partial charge in [0.15, 0.2) is 11.2 Å². The number of hydrogen-bond acceptors (Lipinski definition) is 5. The summed E-state index contributed by atoms with van der Waals surface area (Å²) in [6, 6.07) is 6.34. The molecular formula is C17H16N2O5S. The molecule has 0 bridgehead atoms. The zero-order chi connectivity index (χ0) is 18.6. The first-order valence-corrected chi connectivity index (χ1v) is 7.73. The molecule has 0 aliphatic carbocycles. The molecule has 1 aromatic rings. The zero-order valence-corrected chi connectivity index (χ0v) is 14.2. The Morgan fingerprint density at radius 3 is 2.60 bits per heavy atom. The molecule has 1 saturated heterocycles. The fourth-order valence-electron chi connectivity index (χ4n) is 2.05. The van der Waals surface area contributed by atoms with Gasteiger partial charge in [0, 0.05) is 6.54 Å². The molecule has 1 aliphatic heterocycles. The van der Waals surface area contributed by atoms with Crippen LogP contribution in [0.1, 0.15) is 12.5 Å². The van der Waals surface area contributed by atoms with Gasteiger partial charge in [-0.15, -0.1) is 6.58 Å². The van der Waals surface area contributed by atoms with Gasteiger partial charge in [-0.25, -0.2) is 4.79 Å². The van der Waals surface area contributed by atoms with Gasteiger partial charge in [0.05, 0.1) is 0 Å². The number of carboxylic acids is 1. The van der Waals surface area contributed by atoms with Crippen molar-refractivity contribution in [2.75, 3.05) is 6.54 Å². The molecule has 1 aliphatic rings. The number of carboxylic acid groups (broad SMARTS) is 1. The second-order valence-corrected chi connectivity index (χ2v) is 5.58. The van der Waals surface area contributed by atoms with E-state index in [1.54, 1.807) is 24.3 Å². The highest BCUT2D eigenvalue weighted by molar-refractivity contribution is 7.80. The quantitative estimate of drug-likeness (QED) is 0.344. The van der Waals surface area contributed by atoms with Crippen LogP contribution in [0.3, 0.4) is 0 Å². The van der Waals surface area contributed by atoms with Gasteiger partial charge in [-0.2, -0.15) is 0 Å². The molecule has 1 heterocycles. The van der Waals surface area contributed by atoms with Crippen molar-refractivity contribution in [1.82, 2.24) is 10.2 Å². The molecule has 7 nitrogen and oxygen atoms in total. The van der Waals surface area contributed by atoms with Crippen LogP contribution in [0.5, 0.6) is 5.75 Å². The minimum absolute atomic E-state index is 0.0402. The highest BCUT2D eigenvalue weighted by Crippen LogP contribution is 2.18. The van der Waals surface area contributed by atoms with Gasteiger partial charge in [0.1, 0.15) is 11.3 Å². The van der Waals surface area contributed by atoms with E-state index in [9.17, 15) is 14.4 Å². The van der Waals surface area contributed by atoms with E-state index in [0.717, 1.165) is 0 Å². The van der Waals surface area contributed by atoms with Crippen LogP contribution < -0.4 is 10.1 Å². The molecule has 1 fully saturated rings. The van der Waals surface area contributed by atoms with Crippen molar-refractivity contribution in [3.63, 3.8) is 0 Å². The molecule has 0 aromatic heterocycles. The number of ether oxygens (including phenoxy) is 1. The van der Waals surface area contributed by atoms with Crippen molar-refractivity contribution in [3.8, 4) is 5.75 Å². The minimum Gasteiger partial charge on any atom is -0.479 e. The van der Waals surface area contributed by atoms with Crippen LogP contribution in [0.4, 0.5) is 0 Å². The largest absolute Gasteiger partial charge is 0.479 e. The molecule has 0 spiro atoms. The number of rotatable bonds is 6. The smallest absolute Gasteiger partial charge is 0.344 e. The number of carbonyl (C=O) groups excluding carboxylic acids is 2. The molecule has 2 amide bonds. The molecule has 0 unspecified atom stereocenters. The Bertz CT molecular complexity index is 770. The van der Waals surface area contributed by atoms with Gasteiger partial charge in [0.25, 0.3) is 11.8 Å². The Morgan fingerprint density at radius 1 is 1.40 bits per heavy atom. The number of benzene rings is 1. The number of aliphatic carboxylic acids is 1. The number of thiocarbonyl (C=S) groups is 1. The third-order valence-corrected chi connectivity index (χ3v) is 3.67. The summed E-state index contributed by atoms with van der Waals surface area (Å²) in [6.45, 7) is 5.16. The van der Waals surface area contributed by atoms with Gasteiger partial charge >= 0.3 is 5.97 Å². The summed E-state index contributed by atoms with van der Waals surface area (Å²) < 4.78 is 5.22. The Hall–Kier alpha value is -3.00. The van der Waals surface area contributed by atoms with E-state index in [2.05, 4.69) is 11.9 Å². The second-order valence-electron chi connectivity index (χ2n) is 5.19. The fraction of sp³-hybridized carbons (Fsp3) is 0.176. The SMILES string of the molecule is C=CCN1C(=O)/C(=C\c2ccc(O[C@H](C)C(=O)O)cc2)C(=O)NC1=S. The van der Waals surface area contributed by atoms with Gasteiger partial charge in [0.2, 0.25) is 0 Å². The predicted octanol–water partition coefficient (Wildman–Crippen LogP) is 1.35. The summed E-state index contributed by atoms with van der Waals surface area (Å²) in [7, 11) is 0. The normalized spacial score (nSPS) is 17.2. The lowest BCUT2D eigenvalue weighted by atomic mass is 10.1. The first-order chi connectivity index (χ1) is 11.8. The number of nitrogens with zero attached hydrogens (tertiary/aromatic N) is 1. The first kappa shape index (κ1) is 18.3. The third kappa shape index (κ3) is 4.30. The van der Waals surface area contributed by atoms with Crippen molar-refractivity contribution in [2.24, 2.45) is 0 Å². The van der Waals surface area contributed by atoms with Crippen LogP contribution >= 0.6 is 12.2 Å². The van der Waals surface area contributed by atoms with E-state index in [0.29, 0.717) is 11.3 Å². The molecule has 2 rings (SSSR count). The van der Waals surface area contributed by atoms with Gasteiger partial charge < -0.3 is 9.84 Å². The van der Waals surface area contributed by atoms with E-state index < -0.39 is 23.9 Å². The Morgan fingerprint density at radius 2 is 2.04 bits per heavy atom. The maximum absolute atomic E-state index is 12.4. The Labute approximate surface area is 149 Å². The highest BCUT2D eigenvalue weighted by Gasteiger charge is 2.32. The van der Waals surface area contributed by atoms with Crippen LogP contribution in [0.15, 0.2) is 42.5 Å². The second kappa shape index (κ2) is 7.71. The van der Waals surface area contributed by atoms with Crippen molar-refractivity contribution in [2.45, 2.75) is 13.0 Å². The Kier molecular flexibility index (Phi) is 5.66. The lowest BCUT2D eigenvalue weighted by molar-refractivity contribution is -0.144. The molecular weight excluding hydrogens is 344 g/mol. The maximum atomic E-state index is 12.4. The maximum Gasteiger partial charge on any atom is 0.344 e. The average molecular weight is 360 g/mol. The molecule has 8 heteroatoms. The Balaban J connectivity index is 2.22. The molecule has 25 heavy (non-hydrogen) atoms. The third-order valence-electron chi connectivity index (χ3n) is 3.35. The van der Waals surface area contributed by atoms with Gasteiger partial charge in [-0.05, 0) is 42.9 Å². The first-order valence-electron chi connectivity index (χ1n) is 7.32. The van der Waals surface area contributed by atoms with Crippen LogP contribution in [0.2, 0.25) is 0 Å². The van der Waals surface area contributed by atoms with E-state index in [4.69, 9.17) is 22.1 Å². The molecule has 130 valence electrons. The van der Waals surface area contributed by atoms with Crippen molar-refractivity contribution in [1.29, 1.82) is 0 Å². The molecule has 0 radical (unpaired) electrons. The lowest BCUT2D eigenvalue weighted by Crippen LogP contribution is -2.53. The fourth-order valence-corrected chi connectivity index (χ4v) is 2.30. The van der Waals surface area contributed by atoms with Crippen LogP contribution in [-0.4, -0.2) is 45.6 Å². The minimum atomic E-state index is -1.08. The molecule has 1 aromatic carbocycles. The van der Waals surface area contributed by atoms with Crippen molar-refractivity contribution >= 4 is 41.2 Å². The van der Waals surface area contributed by atoms with E-state index in [1.807, 2.05) is 0 Å². The molecule has 1 atom stereocenters. The molecule has 0 saturated carbocycles. The van der Waals surface area contributed by atoms with E-state index in [1.165, 1.54) is 24.0 Å². The predicted molar refractivity (Wildman–Crippen MR) is 94.8 cm³/mol. The molecule has 2 N–H and O–H groups in total. The number of amides is 2. The number of carbonyl (C=O) groups is 3. The summed E-state index contributed by atoms with van der Waals surface area (Å²) in [4.78, 5) is 36.4. The van der Waals surface area contributed by atoms with Crippen molar-refractivity contribution < 1.29 is 24.2 Å². The monoisotopic (exact) mass is 360 g/mol. The van der Waals surface area contributed by atoms with E-state index in [-0.39, 0.29) is 17.2 Å². The summed E-state index contributed by atoms with van der Waals surface area (Å²) in [5.74, 6) is -1.79. The van der Waals surface area contributed by atoms with Crippen LogP contribution in [0, 0.1) is 0 Å². The average Bonchev–Trinajstić information content (AvgIpc) is 2.56.